The molecule has 0 atom stereocenters. The molecule has 0 bridgehead atoms. The highest BCUT2D eigenvalue weighted by atomic mass is 35.5. The fourth-order valence-electron chi connectivity index (χ4n) is 2.88. The third-order valence-corrected chi connectivity index (χ3v) is 5.22. The number of anilines is 1. The normalized spacial score (nSPS) is 10.9. The summed E-state index contributed by atoms with van der Waals surface area (Å²) in [5, 5.41) is 9.96. The molecule has 6 nitrogen and oxygen atoms in total. The molecule has 4 aromatic rings. The van der Waals surface area contributed by atoms with Crippen LogP contribution in [0.15, 0.2) is 58.7 Å². The van der Waals surface area contributed by atoms with Crippen molar-refractivity contribution >= 4 is 44.9 Å². The maximum absolute atomic E-state index is 12.8. The molecule has 8 heteroatoms. The Morgan fingerprint density at radius 2 is 2.00 bits per heavy atom. The zero-order valence-electron chi connectivity index (χ0n) is 14.8. The van der Waals surface area contributed by atoms with E-state index in [1.54, 1.807) is 22.9 Å². The van der Waals surface area contributed by atoms with Crippen LogP contribution in [-0.4, -0.2) is 20.7 Å². The standard InChI is InChI=1S/C20H15ClN4O2S/c1-2-25-16-9-8-13(21)10-14(16)18(26)17(24-25)19(27)23-20-22-15(11-28-20)12-6-4-3-5-7-12/h3-11H,2H2,1H3,(H,22,23,27). The lowest BCUT2D eigenvalue weighted by Crippen LogP contribution is -2.27. The van der Waals surface area contributed by atoms with Crippen LogP contribution >= 0.6 is 22.9 Å². The highest BCUT2D eigenvalue weighted by Gasteiger charge is 2.19. The highest BCUT2D eigenvalue weighted by Crippen LogP contribution is 2.25. The molecule has 28 heavy (non-hydrogen) atoms. The van der Waals surface area contributed by atoms with Crippen molar-refractivity contribution in [3.8, 4) is 11.3 Å². The second-order valence-electron chi connectivity index (χ2n) is 6.01. The van der Waals surface area contributed by atoms with Crippen molar-refractivity contribution in [2.45, 2.75) is 13.5 Å². The van der Waals surface area contributed by atoms with Gasteiger partial charge in [0.1, 0.15) is 0 Å². The van der Waals surface area contributed by atoms with Crippen LogP contribution in [0.25, 0.3) is 22.2 Å². The number of aromatic nitrogens is 3. The van der Waals surface area contributed by atoms with Gasteiger partial charge in [-0.3, -0.25) is 19.6 Å². The van der Waals surface area contributed by atoms with Crippen LogP contribution < -0.4 is 10.7 Å². The van der Waals surface area contributed by atoms with Crippen molar-refractivity contribution in [2.75, 3.05) is 5.32 Å². The largest absolute Gasteiger partial charge is 0.296 e. The van der Waals surface area contributed by atoms with Gasteiger partial charge in [0.2, 0.25) is 5.43 Å². The molecule has 1 amide bonds. The number of carbonyl (C=O) groups is 1. The van der Waals surface area contributed by atoms with Crippen molar-refractivity contribution in [3.63, 3.8) is 0 Å². The summed E-state index contributed by atoms with van der Waals surface area (Å²) in [6.07, 6.45) is 0. The molecule has 0 saturated carbocycles. The zero-order chi connectivity index (χ0) is 19.7. The van der Waals surface area contributed by atoms with E-state index in [9.17, 15) is 9.59 Å². The Kier molecular flexibility index (Phi) is 4.93. The monoisotopic (exact) mass is 410 g/mol. The molecule has 0 saturated heterocycles. The molecule has 0 fully saturated rings. The summed E-state index contributed by atoms with van der Waals surface area (Å²) in [5.41, 5.74) is 1.69. The molecule has 0 aliphatic carbocycles. The number of hydrogen-bond acceptors (Lipinski definition) is 5. The number of nitrogens with zero attached hydrogens (tertiary/aromatic N) is 3. The van der Waals surface area contributed by atoms with Gasteiger partial charge in [0.25, 0.3) is 5.91 Å². The number of rotatable bonds is 4. The number of thiazole rings is 1. The van der Waals surface area contributed by atoms with Crippen molar-refractivity contribution in [3.05, 3.63) is 74.9 Å². The summed E-state index contributed by atoms with van der Waals surface area (Å²) in [6, 6.07) is 14.6. The first-order valence-corrected chi connectivity index (χ1v) is 9.85. The van der Waals surface area contributed by atoms with Crippen molar-refractivity contribution in [2.24, 2.45) is 0 Å². The van der Waals surface area contributed by atoms with Crippen molar-refractivity contribution in [1.29, 1.82) is 0 Å². The number of hydrogen-bond donors (Lipinski definition) is 1. The highest BCUT2D eigenvalue weighted by molar-refractivity contribution is 7.14. The molecule has 4 rings (SSSR count). The number of fused-ring (bicyclic) bond motifs is 1. The van der Waals surface area contributed by atoms with Gasteiger partial charge in [0, 0.05) is 22.5 Å². The minimum absolute atomic E-state index is 0.187. The molecule has 0 unspecified atom stereocenters. The fourth-order valence-corrected chi connectivity index (χ4v) is 3.77. The number of benzene rings is 2. The van der Waals surface area contributed by atoms with Gasteiger partial charge in [-0.1, -0.05) is 41.9 Å². The van der Waals surface area contributed by atoms with Gasteiger partial charge in [-0.25, -0.2) is 4.98 Å². The Bertz CT molecular complexity index is 1230. The second-order valence-corrected chi connectivity index (χ2v) is 7.31. The topological polar surface area (TPSA) is 76.9 Å². The molecule has 0 aliphatic heterocycles. The van der Waals surface area contributed by atoms with Crippen molar-refractivity contribution < 1.29 is 4.79 Å². The Morgan fingerprint density at radius 3 is 2.75 bits per heavy atom. The maximum atomic E-state index is 12.8. The van der Waals surface area contributed by atoms with E-state index in [-0.39, 0.29) is 5.69 Å². The van der Waals surface area contributed by atoms with E-state index in [0.29, 0.717) is 27.6 Å². The van der Waals surface area contributed by atoms with Gasteiger partial charge < -0.3 is 0 Å². The van der Waals surface area contributed by atoms with Crippen LogP contribution in [-0.2, 0) is 6.54 Å². The van der Waals surface area contributed by atoms with E-state index in [0.717, 1.165) is 11.3 Å². The molecule has 2 heterocycles. The summed E-state index contributed by atoms with van der Waals surface area (Å²) in [4.78, 5) is 29.9. The van der Waals surface area contributed by atoms with Crippen molar-refractivity contribution in [1.82, 2.24) is 14.8 Å². The van der Waals surface area contributed by atoms with Crippen LogP contribution in [0.2, 0.25) is 5.02 Å². The summed E-state index contributed by atoms with van der Waals surface area (Å²) in [7, 11) is 0. The SMILES string of the molecule is CCn1nc(C(=O)Nc2nc(-c3ccccc3)cs2)c(=O)c2cc(Cl)ccc21. The number of amides is 1. The Labute approximate surface area is 169 Å². The van der Waals surface area contributed by atoms with Gasteiger partial charge in [-0.15, -0.1) is 11.3 Å². The van der Waals surface area contributed by atoms with Gasteiger partial charge in [-0.2, -0.15) is 5.10 Å². The second kappa shape index (κ2) is 7.53. The third kappa shape index (κ3) is 3.42. The molecular weight excluding hydrogens is 396 g/mol. The molecule has 0 aliphatic rings. The van der Waals surface area contributed by atoms with Gasteiger partial charge in [-0.05, 0) is 25.1 Å². The third-order valence-electron chi connectivity index (χ3n) is 4.23. The summed E-state index contributed by atoms with van der Waals surface area (Å²) in [6.45, 7) is 2.40. The lowest BCUT2D eigenvalue weighted by Gasteiger charge is -2.10. The minimum Gasteiger partial charge on any atom is -0.296 e. The van der Waals surface area contributed by atoms with Gasteiger partial charge in [0.05, 0.1) is 16.6 Å². The summed E-state index contributed by atoms with van der Waals surface area (Å²) < 4.78 is 1.61. The Balaban J connectivity index is 1.69. The summed E-state index contributed by atoms with van der Waals surface area (Å²) in [5.74, 6) is -0.594. The van der Waals surface area contributed by atoms with Gasteiger partial charge >= 0.3 is 0 Å². The molecule has 0 radical (unpaired) electrons. The first kappa shape index (κ1) is 18.3. The van der Waals surface area contributed by atoms with Crippen LogP contribution in [0.4, 0.5) is 5.13 Å². The van der Waals surface area contributed by atoms with E-state index >= 15 is 0 Å². The van der Waals surface area contributed by atoms with Gasteiger partial charge in [0.15, 0.2) is 10.8 Å². The van der Waals surface area contributed by atoms with Crippen LogP contribution in [0.1, 0.15) is 17.4 Å². The van der Waals surface area contributed by atoms with Crippen LogP contribution in [0.3, 0.4) is 0 Å². The smallest absolute Gasteiger partial charge is 0.281 e. The first-order chi connectivity index (χ1) is 13.6. The lowest BCUT2D eigenvalue weighted by atomic mass is 10.2. The molecule has 2 aromatic heterocycles. The number of carbonyl (C=O) groups excluding carboxylic acids is 1. The zero-order valence-corrected chi connectivity index (χ0v) is 16.4. The fraction of sp³-hybridized carbons (Fsp3) is 0.100. The number of nitrogens with one attached hydrogen (secondary N) is 1. The first-order valence-electron chi connectivity index (χ1n) is 8.59. The number of aryl methyl sites for hydroxylation is 1. The molecule has 1 N–H and O–H groups in total. The predicted octanol–water partition coefficient (Wildman–Crippen LogP) is 4.45. The average molecular weight is 411 g/mol. The molecule has 0 spiro atoms. The quantitative estimate of drug-likeness (QED) is 0.539. The maximum Gasteiger partial charge on any atom is 0.281 e. The van der Waals surface area contributed by atoms with Crippen LogP contribution in [0.5, 0.6) is 0 Å². The lowest BCUT2D eigenvalue weighted by molar-refractivity contribution is 0.101. The number of halogens is 1. The van der Waals surface area contributed by atoms with E-state index < -0.39 is 11.3 Å². The molecule has 140 valence electrons. The average Bonchev–Trinajstić information content (AvgIpc) is 3.17. The predicted molar refractivity (Wildman–Crippen MR) is 112 cm³/mol. The Hall–Kier alpha value is -3.03. The Morgan fingerprint density at radius 1 is 1.21 bits per heavy atom. The molecule has 2 aromatic carbocycles. The van der Waals surface area contributed by atoms with E-state index in [1.165, 1.54) is 11.3 Å². The summed E-state index contributed by atoms with van der Waals surface area (Å²) >= 11 is 7.32. The van der Waals surface area contributed by atoms with Crippen LogP contribution in [0, 0.1) is 0 Å². The van der Waals surface area contributed by atoms with E-state index in [4.69, 9.17) is 11.6 Å². The minimum atomic E-state index is -0.594. The van der Waals surface area contributed by atoms with E-state index in [1.807, 2.05) is 42.6 Å². The molecular formula is C20H15ClN4O2S. The van der Waals surface area contributed by atoms with E-state index in [2.05, 4.69) is 15.4 Å².